The second-order valence-corrected chi connectivity index (χ2v) is 3.33. The molecule has 0 amide bonds. The number of nitrogens with two attached hydrogens (primary N) is 2. The van der Waals surface area contributed by atoms with Gasteiger partial charge in [-0.15, -0.1) is 5.10 Å². The molecule has 19 heavy (non-hydrogen) atoms. The fourth-order valence-electron chi connectivity index (χ4n) is 1.26. The SMILES string of the molecule is CCOc1cc(/C=[NH+]/N=C(N)N)ccc1OC(F)F. The van der Waals surface area contributed by atoms with Crippen LogP contribution in [0.2, 0.25) is 0 Å². The molecule has 0 spiro atoms. The van der Waals surface area contributed by atoms with Crippen molar-refractivity contribution in [1.29, 1.82) is 0 Å². The largest absolute Gasteiger partial charge is 0.490 e. The van der Waals surface area contributed by atoms with Crippen molar-refractivity contribution in [1.82, 2.24) is 0 Å². The van der Waals surface area contributed by atoms with E-state index in [0.29, 0.717) is 12.2 Å². The Morgan fingerprint density at radius 2 is 2.16 bits per heavy atom. The van der Waals surface area contributed by atoms with Crippen LogP contribution in [0.5, 0.6) is 11.5 Å². The normalized spacial score (nSPS) is 10.7. The van der Waals surface area contributed by atoms with E-state index in [0.717, 1.165) is 0 Å². The minimum absolute atomic E-state index is 0.0316. The smallest absolute Gasteiger partial charge is 0.387 e. The second-order valence-electron chi connectivity index (χ2n) is 3.33. The zero-order chi connectivity index (χ0) is 14.3. The molecule has 6 nitrogen and oxygen atoms in total. The van der Waals surface area contributed by atoms with Gasteiger partial charge in [0.2, 0.25) is 6.21 Å². The number of alkyl halides is 2. The molecule has 0 aliphatic heterocycles. The van der Waals surface area contributed by atoms with Crippen LogP contribution in [0.25, 0.3) is 0 Å². The van der Waals surface area contributed by atoms with Gasteiger partial charge >= 0.3 is 6.61 Å². The summed E-state index contributed by atoms with van der Waals surface area (Å²) in [7, 11) is 0. The number of hydrogen-bond donors (Lipinski definition) is 3. The fraction of sp³-hybridized carbons (Fsp3) is 0.273. The summed E-state index contributed by atoms with van der Waals surface area (Å²) in [6.07, 6.45) is 1.48. The Labute approximate surface area is 108 Å². The minimum Gasteiger partial charge on any atom is -0.490 e. The molecule has 0 radical (unpaired) electrons. The summed E-state index contributed by atoms with van der Waals surface area (Å²) in [5.74, 6) is 0.0535. The van der Waals surface area contributed by atoms with Crippen LogP contribution in [-0.4, -0.2) is 25.4 Å². The van der Waals surface area contributed by atoms with E-state index >= 15 is 0 Å². The van der Waals surface area contributed by atoms with Crippen LogP contribution in [0.1, 0.15) is 12.5 Å². The van der Waals surface area contributed by atoms with Gasteiger partial charge in [0.15, 0.2) is 11.5 Å². The van der Waals surface area contributed by atoms with E-state index in [1.165, 1.54) is 18.3 Å². The Balaban J connectivity index is 2.95. The first kappa shape index (κ1) is 14.7. The van der Waals surface area contributed by atoms with E-state index in [2.05, 4.69) is 14.9 Å². The monoisotopic (exact) mass is 273 g/mol. The number of hydrogen-bond acceptors (Lipinski definition) is 3. The molecule has 1 rings (SSSR count). The first-order valence-corrected chi connectivity index (χ1v) is 5.42. The first-order valence-electron chi connectivity index (χ1n) is 5.42. The molecule has 0 aliphatic carbocycles. The first-order chi connectivity index (χ1) is 9.02. The Bertz CT molecular complexity index is 474. The second kappa shape index (κ2) is 7.14. The highest BCUT2D eigenvalue weighted by Crippen LogP contribution is 2.29. The summed E-state index contributed by atoms with van der Waals surface area (Å²) in [5, 5.41) is 6.04. The molecule has 0 heterocycles. The van der Waals surface area contributed by atoms with E-state index < -0.39 is 6.61 Å². The van der Waals surface area contributed by atoms with Crippen molar-refractivity contribution in [3.63, 3.8) is 0 Å². The average Bonchev–Trinajstić information content (AvgIpc) is 2.31. The molecule has 0 atom stereocenters. The summed E-state index contributed by atoms with van der Waals surface area (Å²) >= 11 is 0. The van der Waals surface area contributed by atoms with Crippen LogP contribution >= 0.6 is 0 Å². The molecular formula is C11H15F2N4O2+. The lowest BCUT2D eigenvalue weighted by atomic mass is 10.2. The Kier molecular flexibility index (Phi) is 5.52. The molecule has 0 aliphatic rings. The number of nitrogens with one attached hydrogen (secondary N) is 1. The van der Waals surface area contributed by atoms with Gasteiger partial charge in [-0.25, -0.2) is 0 Å². The van der Waals surface area contributed by atoms with Crippen molar-refractivity contribution in [2.75, 3.05) is 6.61 Å². The number of rotatable bonds is 6. The molecule has 0 saturated carbocycles. The van der Waals surface area contributed by atoms with Crippen LogP contribution in [0.4, 0.5) is 8.78 Å². The summed E-state index contributed by atoms with van der Waals surface area (Å²) in [4.78, 5) is 0. The molecule has 0 saturated heterocycles. The van der Waals surface area contributed by atoms with Gasteiger partial charge < -0.3 is 20.9 Å². The molecule has 0 aromatic heterocycles. The third-order valence-corrected chi connectivity index (χ3v) is 1.91. The quantitative estimate of drug-likeness (QED) is 0.365. The molecule has 1 aromatic rings. The molecule has 104 valence electrons. The zero-order valence-corrected chi connectivity index (χ0v) is 10.3. The van der Waals surface area contributed by atoms with Gasteiger partial charge in [0.1, 0.15) is 0 Å². The maximum atomic E-state index is 12.2. The Hall–Kier alpha value is -2.38. The molecule has 0 unspecified atom stereocenters. The third-order valence-electron chi connectivity index (χ3n) is 1.91. The van der Waals surface area contributed by atoms with Gasteiger partial charge in [-0.2, -0.15) is 8.78 Å². The lowest BCUT2D eigenvalue weighted by Crippen LogP contribution is -2.63. The molecule has 1 aromatic carbocycles. The molecule has 5 N–H and O–H groups in total. The molecular weight excluding hydrogens is 258 g/mol. The zero-order valence-electron chi connectivity index (χ0n) is 10.3. The number of hydrazone groups is 1. The van der Waals surface area contributed by atoms with E-state index in [1.54, 1.807) is 13.0 Å². The van der Waals surface area contributed by atoms with E-state index in [-0.39, 0.29) is 17.5 Å². The summed E-state index contributed by atoms with van der Waals surface area (Å²) in [6, 6.07) is 4.45. The van der Waals surface area contributed by atoms with Crippen molar-refractivity contribution >= 4 is 12.2 Å². The molecule has 8 heteroatoms. The van der Waals surface area contributed by atoms with Gasteiger partial charge in [0.25, 0.3) is 5.96 Å². The maximum Gasteiger partial charge on any atom is 0.387 e. The minimum atomic E-state index is -2.91. The van der Waals surface area contributed by atoms with Crippen molar-refractivity contribution in [3.05, 3.63) is 23.8 Å². The van der Waals surface area contributed by atoms with E-state index in [4.69, 9.17) is 16.2 Å². The van der Waals surface area contributed by atoms with Crippen LogP contribution in [0.3, 0.4) is 0 Å². The van der Waals surface area contributed by atoms with Crippen LogP contribution in [0.15, 0.2) is 23.3 Å². The Morgan fingerprint density at radius 3 is 2.74 bits per heavy atom. The standard InChI is InChI=1S/C11H14F2N4O2/c1-2-18-9-5-7(6-16-17-11(14)15)3-4-8(9)19-10(12)13/h3-6,10H,2H2,1H3,(H4,14,15,17)/p+1/b16-6+. The number of ether oxygens (including phenoxy) is 2. The van der Waals surface area contributed by atoms with Gasteiger partial charge in [0.05, 0.1) is 6.61 Å². The van der Waals surface area contributed by atoms with Gasteiger partial charge in [-0.3, -0.25) is 0 Å². The average molecular weight is 273 g/mol. The lowest BCUT2D eigenvalue weighted by molar-refractivity contribution is -0.456. The number of benzene rings is 1. The van der Waals surface area contributed by atoms with Crippen LogP contribution in [-0.2, 0) is 0 Å². The predicted molar refractivity (Wildman–Crippen MR) is 66.2 cm³/mol. The molecule has 0 fully saturated rings. The van der Waals surface area contributed by atoms with Crippen molar-refractivity contribution in [2.45, 2.75) is 13.5 Å². The summed E-state index contributed by atoms with van der Waals surface area (Å²) in [6.45, 7) is -0.848. The third kappa shape index (κ3) is 5.19. The van der Waals surface area contributed by atoms with Crippen LogP contribution < -0.4 is 26.0 Å². The number of guanidine groups is 1. The van der Waals surface area contributed by atoms with Crippen molar-refractivity contribution in [3.8, 4) is 11.5 Å². The van der Waals surface area contributed by atoms with E-state index in [9.17, 15) is 8.78 Å². The number of nitrogens with zero attached hydrogens (tertiary/aromatic N) is 1. The predicted octanol–water partition coefficient (Wildman–Crippen LogP) is -0.625. The van der Waals surface area contributed by atoms with Gasteiger partial charge in [-0.05, 0) is 25.1 Å². The van der Waals surface area contributed by atoms with Crippen molar-refractivity contribution in [2.24, 2.45) is 16.6 Å². The topological polar surface area (TPSA) is 96.8 Å². The van der Waals surface area contributed by atoms with E-state index in [1.807, 2.05) is 0 Å². The fourth-order valence-corrected chi connectivity index (χ4v) is 1.26. The Morgan fingerprint density at radius 1 is 1.42 bits per heavy atom. The summed E-state index contributed by atoms with van der Waals surface area (Å²) in [5.41, 5.74) is 10.9. The van der Waals surface area contributed by atoms with Crippen LogP contribution in [0, 0.1) is 0 Å². The highest BCUT2D eigenvalue weighted by atomic mass is 19.3. The number of halogens is 2. The summed E-state index contributed by atoms with van der Waals surface area (Å²) < 4.78 is 33.9. The molecule has 0 bridgehead atoms. The van der Waals surface area contributed by atoms with Gasteiger partial charge in [-0.1, -0.05) is 0 Å². The van der Waals surface area contributed by atoms with Gasteiger partial charge in [0, 0.05) is 10.7 Å². The highest BCUT2D eigenvalue weighted by Gasteiger charge is 2.11. The lowest BCUT2D eigenvalue weighted by Gasteiger charge is -2.10. The maximum absolute atomic E-state index is 12.2. The van der Waals surface area contributed by atoms with Crippen molar-refractivity contribution < 1.29 is 23.4 Å². The highest BCUT2D eigenvalue weighted by molar-refractivity contribution is 5.78.